The summed E-state index contributed by atoms with van der Waals surface area (Å²) in [5.41, 5.74) is 3.20. The monoisotopic (exact) mass is 747 g/mol. The number of hydrogen-bond donors (Lipinski definition) is 2. The molecule has 55 heavy (non-hydrogen) atoms. The van der Waals surface area contributed by atoms with Crippen LogP contribution in [0.1, 0.15) is 44.1 Å². The minimum absolute atomic E-state index is 0.0105. The summed E-state index contributed by atoms with van der Waals surface area (Å²) in [4.78, 5) is 50.8. The second-order valence-electron chi connectivity index (χ2n) is 14.5. The highest BCUT2D eigenvalue weighted by molar-refractivity contribution is 5.83. The van der Waals surface area contributed by atoms with E-state index in [-0.39, 0.29) is 23.2 Å². The molecule has 4 aromatic heterocycles. The van der Waals surface area contributed by atoms with Crippen molar-refractivity contribution in [1.82, 2.24) is 43.9 Å². The van der Waals surface area contributed by atoms with Crippen LogP contribution in [0, 0.1) is 18.6 Å². The Morgan fingerprint density at radius 1 is 0.855 bits per heavy atom. The molecule has 284 valence electrons. The highest BCUT2D eigenvalue weighted by Gasteiger charge is 2.28. The Morgan fingerprint density at radius 2 is 1.60 bits per heavy atom. The third-order valence-electron chi connectivity index (χ3n) is 10.6. The molecule has 2 N–H and O–H groups in total. The number of pyridine rings is 1. The van der Waals surface area contributed by atoms with Crippen LogP contribution in [0.25, 0.3) is 28.0 Å². The van der Waals surface area contributed by atoms with Gasteiger partial charge in [0, 0.05) is 87.6 Å². The number of nitrogens with zero attached hydrogens (tertiary/aromatic N) is 9. The van der Waals surface area contributed by atoms with Crippen LogP contribution in [0.2, 0.25) is 0 Å². The van der Waals surface area contributed by atoms with E-state index in [1.54, 1.807) is 6.07 Å². The predicted octanol–water partition coefficient (Wildman–Crippen LogP) is 5.43. The van der Waals surface area contributed by atoms with E-state index in [1.807, 2.05) is 67.9 Å². The molecule has 0 bridgehead atoms. The summed E-state index contributed by atoms with van der Waals surface area (Å²) >= 11 is 0. The molecular weight excluding hydrogens is 705 g/mol. The van der Waals surface area contributed by atoms with Crippen molar-refractivity contribution in [3.05, 3.63) is 117 Å². The number of hydrogen-bond acceptors (Lipinski definition) is 10. The van der Waals surface area contributed by atoms with Crippen LogP contribution in [-0.4, -0.2) is 89.2 Å². The van der Waals surface area contributed by atoms with Crippen molar-refractivity contribution >= 4 is 28.5 Å². The molecule has 0 unspecified atom stereocenters. The van der Waals surface area contributed by atoms with Gasteiger partial charge in [-0.25, -0.2) is 33.5 Å². The van der Waals surface area contributed by atoms with E-state index in [4.69, 9.17) is 0 Å². The average Bonchev–Trinajstić information content (AvgIpc) is 3.53. The van der Waals surface area contributed by atoms with Gasteiger partial charge in [-0.1, -0.05) is 6.07 Å². The molecule has 8 rings (SSSR count). The minimum Gasteiger partial charge on any atom is -0.371 e. The summed E-state index contributed by atoms with van der Waals surface area (Å²) in [6, 6.07) is 16.7. The first-order chi connectivity index (χ1) is 26.6. The van der Waals surface area contributed by atoms with Crippen molar-refractivity contribution in [3.8, 4) is 16.9 Å². The van der Waals surface area contributed by atoms with Crippen LogP contribution in [-0.2, 0) is 6.54 Å². The number of piperidine rings is 1. The number of imidazole rings is 1. The van der Waals surface area contributed by atoms with E-state index >= 15 is 8.78 Å². The fraction of sp³-hybridized carbons (Fsp3) is 0.350. The number of aryl methyl sites for hydroxylation is 1. The molecule has 2 fully saturated rings. The summed E-state index contributed by atoms with van der Waals surface area (Å²) < 4.78 is 33.5. The molecule has 2 aromatic carbocycles. The second kappa shape index (κ2) is 15.1. The molecule has 6 heterocycles. The van der Waals surface area contributed by atoms with E-state index in [2.05, 4.69) is 44.9 Å². The lowest BCUT2D eigenvalue weighted by Gasteiger charge is -2.43. The first kappa shape index (κ1) is 36.2. The van der Waals surface area contributed by atoms with Gasteiger partial charge in [-0.15, -0.1) is 0 Å². The third kappa shape index (κ3) is 7.62. The zero-order valence-electron chi connectivity index (χ0n) is 31.0. The lowest BCUT2D eigenvalue weighted by Crippen LogP contribution is -2.53. The third-order valence-corrected chi connectivity index (χ3v) is 10.6. The summed E-state index contributed by atoms with van der Waals surface area (Å²) in [6.45, 7) is 12.5. The number of aromatic nitrogens is 7. The average molecular weight is 748 g/mol. The Balaban J connectivity index is 0.829. The molecule has 2 aliphatic rings. The number of piperazine rings is 1. The normalized spacial score (nSPS) is 16.0. The number of nitrogens with one attached hydrogen (secondary N) is 2. The number of fused-ring (bicyclic) bond motifs is 1. The highest BCUT2D eigenvalue weighted by Crippen LogP contribution is 2.31. The van der Waals surface area contributed by atoms with Gasteiger partial charge < -0.3 is 14.8 Å². The van der Waals surface area contributed by atoms with Gasteiger partial charge in [0.25, 0.3) is 5.56 Å². The molecule has 0 saturated carbocycles. The zero-order valence-corrected chi connectivity index (χ0v) is 31.0. The highest BCUT2D eigenvalue weighted by atomic mass is 19.1. The van der Waals surface area contributed by atoms with Crippen LogP contribution in [0.3, 0.4) is 0 Å². The van der Waals surface area contributed by atoms with Gasteiger partial charge in [0.1, 0.15) is 22.9 Å². The van der Waals surface area contributed by atoms with E-state index < -0.39 is 22.9 Å². The summed E-state index contributed by atoms with van der Waals surface area (Å²) in [6.07, 6.45) is 6.59. The number of H-pyrrole nitrogens is 1. The molecule has 0 spiro atoms. The van der Waals surface area contributed by atoms with Crippen LogP contribution in [0.15, 0.2) is 82.8 Å². The molecule has 0 atom stereocenters. The van der Waals surface area contributed by atoms with Gasteiger partial charge in [-0.2, -0.15) is 0 Å². The van der Waals surface area contributed by atoms with Gasteiger partial charge in [0.2, 0.25) is 5.95 Å². The Morgan fingerprint density at radius 3 is 2.29 bits per heavy atom. The Kier molecular flexibility index (Phi) is 9.97. The van der Waals surface area contributed by atoms with Crippen LogP contribution in [0.4, 0.5) is 26.2 Å². The van der Waals surface area contributed by atoms with Crippen molar-refractivity contribution in [2.24, 2.45) is 0 Å². The summed E-state index contributed by atoms with van der Waals surface area (Å²) in [5, 5.41) is 3.07. The van der Waals surface area contributed by atoms with Gasteiger partial charge in [-0.3, -0.25) is 24.1 Å². The Labute approximate surface area is 316 Å². The number of halogens is 2. The molecule has 6 aromatic rings. The van der Waals surface area contributed by atoms with Gasteiger partial charge in [-0.05, 0) is 81.6 Å². The van der Waals surface area contributed by atoms with Crippen LogP contribution in [0.5, 0.6) is 0 Å². The standard InChI is InChI=1S/C40H43F2N11O2/c1-25(2)53-26(3)45-38-32(41)20-28(21-34(38)53)37-33(42)23-44-39(48-37)46-35-9-4-27(22-43-35)24-49-16-18-51(19-17-49)30-10-13-50(14-11-30)29-5-7-31(8-6-29)52-15-12-36(54)47-40(52)55/h4-9,12,15,20-23,25,30H,10-11,13-14,16-19,24H2,1-3H3,(H,47,54,55)(H,43,44,46,48). The quantitative estimate of drug-likeness (QED) is 0.198. The number of aromatic amines is 1. The predicted molar refractivity (Wildman–Crippen MR) is 208 cm³/mol. The maximum absolute atomic E-state index is 15.1. The van der Waals surface area contributed by atoms with E-state index in [0.29, 0.717) is 34.5 Å². The molecular formula is C40H43F2N11O2. The molecule has 13 nitrogen and oxygen atoms in total. The smallest absolute Gasteiger partial charge is 0.332 e. The molecule has 0 radical (unpaired) electrons. The maximum atomic E-state index is 15.1. The largest absolute Gasteiger partial charge is 0.371 e. The van der Waals surface area contributed by atoms with Crippen LogP contribution >= 0.6 is 0 Å². The number of benzene rings is 2. The van der Waals surface area contributed by atoms with E-state index in [9.17, 15) is 9.59 Å². The van der Waals surface area contributed by atoms with Crippen LogP contribution < -0.4 is 21.5 Å². The molecule has 15 heteroatoms. The van der Waals surface area contributed by atoms with Crippen molar-refractivity contribution in [2.75, 3.05) is 49.5 Å². The first-order valence-electron chi connectivity index (χ1n) is 18.7. The second-order valence-corrected chi connectivity index (χ2v) is 14.5. The van der Waals surface area contributed by atoms with Crippen molar-refractivity contribution in [2.45, 2.75) is 52.2 Å². The fourth-order valence-corrected chi connectivity index (χ4v) is 7.87. The minimum atomic E-state index is -0.655. The van der Waals surface area contributed by atoms with Gasteiger partial charge in [0.05, 0.1) is 17.4 Å². The Hall–Kier alpha value is -5.80. The lowest BCUT2D eigenvalue weighted by molar-refractivity contribution is 0.0811. The fourth-order valence-electron chi connectivity index (χ4n) is 7.87. The van der Waals surface area contributed by atoms with Crippen molar-refractivity contribution in [1.29, 1.82) is 0 Å². The van der Waals surface area contributed by atoms with Gasteiger partial charge >= 0.3 is 5.69 Å². The molecule has 0 aliphatic carbocycles. The summed E-state index contributed by atoms with van der Waals surface area (Å²) in [7, 11) is 0. The molecule has 0 amide bonds. The lowest BCUT2D eigenvalue weighted by atomic mass is 10.0. The van der Waals surface area contributed by atoms with E-state index in [0.717, 1.165) is 76.1 Å². The SMILES string of the molecule is Cc1nc2c(F)cc(-c3nc(Nc4ccc(CN5CCN(C6CCN(c7ccc(-n8ccc(=O)[nH]c8=O)cc7)CC6)CC5)cn4)ncc3F)cc2n1C(C)C. The molecule has 2 aliphatic heterocycles. The van der Waals surface area contributed by atoms with E-state index in [1.165, 1.54) is 22.9 Å². The number of anilines is 3. The maximum Gasteiger partial charge on any atom is 0.332 e. The zero-order chi connectivity index (χ0) is 38.2. The van der Waals surface area contributed by atoms with Crippen molar-refractivity contribution < 1.29 is 8.78 Å². The molecule has 2 saturated heterocycles. The first-order valence-corrected chi connectivity index (χ1v) is 18.7. The van der Waals surface area contributed by atoms with Crippen molar-refractivity contribution in [3.63, 3.8) is 0 Å². The Bertz CT molecular complexity index is 2430. The van der Waals surface area contributed by atoms with Gasteiger partial charge in [0.15, 0.2) is 11.6 Å². The number of rotatable bonds is 9. The summed E-state index contributed by atoms with van der Waals surface area (Å²) in [5.74, 6) is 0.175. The topological polar surface area (TPSA) is 133 Å².